The Morgan fingerprint density at radius 3 is 2.53 bits per heavy atom. The summed E-state index contributed by atoms with van der Waals surface area (Å²) in [4.78, 5) is 0. The molecule has 0 bridgehead atoms. The molecule has 3 heteroatoms. The first-order valence-corrected chi connectivity index (χ1v) is 5.92. The third-order valence-electron chi connectivity index (χ3n) is 2.86. The number of halogens is 1. The first kappa shape index (κ1) is 10.8. The Labute approximate surface area is 95.6 Å². The van der Waals surface area contributed by atoms with Gasteiger partial charge in [0.1, 0.15) is 5.75 Å². The van der Waals surface area contributed by atoms with E-state index in [0.29, 0.717) is 0 Å². The standard InChI is InChI=1S/C12H16ClNO/c13-11-1-3-12(4-2-11)15-9-10-5-7-14-8-6-10/h1-4,10,14H,5-9H2/p+1. The molecule has 0 aliphatic carbocycles. The van der Waals surface area contributed by atoms with E-state index in [0.717, 1.165) is 23.3 Å². The highest BCUT2D eigenvalue weighted by molar-refractivity contribution is 6.30. The molecule has 1 aliphatic rings. The number of hydrogen-bond acceptors (Lipinski definition) is 1. The summed E-state index contributed by atoms with van der Waals surface area (Å²) in [6.07, 6.45) is 2.54. The molecule has 0 aromatic heterocycles. The topological polar surface area (TPSA) is 25.8 Å². The zero-order chi connectivity index (χ0) is 10.5. The molecule has 1 aliphatic heterocycles. The van der Waals surface area contributed by atoms with E-state index in [-0.39, 0.29) is 0 Å². The molecular formula is C12H17ClNO+. The van der Waals surface area contributed by atoms with Crippen LogP contribution in [0.2, 0.25) is 5.02 Å². The molecule has 15 heavy (non-hydrogen) atoms. The van der Waals surface area contributed by atoms with E-state index in [4.69, 9.17) is 16.3 Å². The van der Waals surface area contributed by atoms with Crippen LogP contribution in [0.4, 0.5) is 0 Å². The van der Waals surface area contributed by atoms with Gasteiger partial charge in [-0.2, -0.15) is 0 Å². The summed E-state index contributed by atoms with van der Waals surface area (Å²) < 4.78 is 5.73. The maximum Gasteiger partial charge on any atom is 0.119 e. The van der Waals surface area contributed by atoms with E-state index in [1.54, 1.807) is 0 Å². The maximum atomic E-state index is 5.80. The number of nitrogens with two attached hydrogens (primary N) is 1. The molecule has 2 nitrogen and oxygen atoms in total. The van der Waals surface area contributed by atoms with Gasteiger partial charge in [0.05, 0.1) is 19.7 Å². The molecule has 0 saturated carbocycles. The van der Waals surface area contributed by atoms with Crippen molar-refractivity contribution in [1.82, 2.24) is 0 Å². The summed E-state index contributed by atoms with van der Waals surface area (Å²) >= 11 is 5.80. The van der Waals surface area contributed by atoms with E-state index in [1.165, 1.54) is 25.9 Å². The Balaban J connectivity index is 1.79. The van der Waals surface area contributed by atoms with Gasteiger partial charge >= 0.3 is 0 Å². The first-order chi connectivity index (χ1) is 7.34. The predicted octanol–water partition coefficient (Wildman–Crippen LogP) is 1.69. The summed E-state index contributed by atoms with van der Waals surface area (Å²) in [5, 5.41) is 3.13. The zero-order valence-corrected chi connectivity index (χ0v) is 9.54. The molecule has 1 saturated heterocycles. The van der Waals surface area contributed by atoms with Crippen LogP contribution in [0.15, 0.2) is 24.3 Å². The fourth-order valence-corrected chi connectivity index (χ4v) is 2.03. The van der Waals surface area contributed by atoms with Crippen molar-refractivity contribution in [3.8, 4) is 5.75 Å². The van der Waals surface area contributed by atoms with Crippen LogP contribution in [0.5, 0.6) is 5.75 Å². The lowest BCUT2D eigenvalue weighted by molar-refractivity contribution is -0.664. The third kappa shape index (κ3) is 3.40. The fraction of sp³-hybridized carbons (Fsp3) is 0.500. The van der Waals surface area contributed by atoms with Gasteiger partial charge < -0.3 is 10.1 Å². The van der Waals surface area contributed by atoms with Crippen molar-refractivity contribution >= 4 is 11.6 Å². The maximum absolute atomic E-state index is 5.80. The van der Waals surface area contributed by atoms with Gasteiger partial charge in [-0.25, -0.2) is 0 Å². The Kier molecular flexibility index (Phi) is 3.87. The van der Waals surface area contributed by atoms with Crippen molar-refractivity contribution in [2.75, 3.05) is 19.7 Å². The van der Waals surface area contributed by atoms with Crippen LogP contribution in [0.1, 0.15) is 12.8 Å². The summed E-state index contributed by atoms with van der Waals surface area (Å²) in [5.41, 5.74) is 0. The molecule has 0 amide bonds. The second kappa shape index (κ2) is 5.38. The van der Waals surface area contributed by atoms with Gasteiger partial charge in [0.2, 0.25) is 0 Å². The number of ether oxygens (including phenoxy) is 1. The van der Waals surface area contributed by atoms with Gasteiger partial charge in [0.15, 0.2) is 0 Å². The minimum absolute atomic E-state index is 0.727. The van der Waals surface area contributed by atoms with Crippen LogP contribution < -0.4 is 10.1 Å². The highest BCUT2D eigenvalue weighted by Crippen LogP contribution is 2.17. The van der Waals surface area contributed by atoms with Gasteiger partial charge in [0, 0.05) is 23.8 Å². The van der Waals surface area contributed by atoms with Gasteiger partial charge in [-0.15, -0.1) is 0 Å². The molecule has 1 heterocycles. The number of benzene rings is 1. The number of quaternary nitrogens is 1. The number of hydrogen-bond donors (Lipinski definition) is 1. The van der Waals surface area contributed by atoms with E-state index < -0.39 is 0 Å². The minimum atomic E-state index is 0.727. The van der Waals surface area contributed by atoms with E-state index in [9.17, 15) is 0 Å². The van der Waals surface area contributed by atoms with Crippen molar-refractivity contribution in [3.63, 3.8) is 0 Å². The lowest BCUT2D eigenvalue weighted by Gasteiger charge is -2.20. The smallest absolute Gasteiger partial charge is 0.119 e. The molecule has 0 spiro atoms. The Hall–Kier alpha value is -0.730. The molecule has 1 aromatic carbocycles. The normalized spacial score (nSPS) is 17.7. The molecule has 82 valence electrons. The van der Waals surface area contributed by atoms with Crippen LogP contribution in [-0.4, -0.2) is 19.7 Å². The molecule has 0 atom stereocenters. The molecule has 2 rings (SSSR count). The van der Waals surface area contributed by atoms with E-state index >= 15 is 0 Å². The predicted molar refractivity (Wildman–Crippen MR) is 61.3 cm³/mol. The molecule has 1 aromatic rings. The zero-order valence-electron chi connectivity index (χ0n) is 8.79. The highest BCUT2D eigenvalue weighted by Gasteiger charge is 2.15. The lowest BCUT2D eigenvalue weighted by Crippen LogP contribution is -2.86. The van der Waals surface area contributed by atoms with Crippen molar-refractivity contribution in [3.05, 3.63) is 29.3 Å². The second-order valence-electron chi connectivity index (χ2n) is 4.07. The Morgan fingerprint density at radius 1 is 1.20 bits per heavy atom. The third-order valence-corrected chi connectivity index (χ3v) is 3.11. The van der Waals surface area contributed by atoms with Crippen molar-refractivity contribution < 1.29 is 10.1 Å². The van der Waals surface area contributed by atoms with Gasteiger partial charge in [-0.3, -0.25) is 0 Å². The summed E-state index contributed by atoms with van der Waals surface area (Å²) in [5.74, 6) is 1.65. The largest absolute Gasteiger partial charge is 0.493 e. The molecule has 1 fully saturated rings. The van der Waals surface area contributed by atoms with Crippen LogP contribution in [-0.2, 0) is 0 Å². The lowest BCUT2D eigenvalue weighted by atomic mass is 9.99. The average Bonchev–Trinajstić information content (AvgIpc) is 2.30. The van der Waals surface area contributed by atoms with Gasteiger partial charge in [-0.1, -0.05) is 11.6 Å². The fourth-order valence-electron chi connectivity index (χ4n) is 1.91. The summed E-state index contributed by atoms with van der Waals surface area (Å²) in [6.45, 7) is 3.33. The Bertz CT molecular complexity index is 293. The molecular weight excluding hydrogens is 210 g/mol. The van der Waals surface area contributed by atoms with E-state index in [2.05, 4.69) is 5.32 Å². The summed E-state index contributed by atoms with van der Waals surface area (Å²) in [7, 11) is 0. The van der Waals surface area contributed by atoms with Crippen LogP contribution in [0.3, 0.4) is 0 Å². The number of piperidine rings is 1. The second-order valence-corrected chi connectivity index (χ2v) is 4.51. The van der Waals surface area contributed by atoms with Crippen molar-refractivity contribution in [1.29, 1.82) is 0 Å². The molecule has 2 N–H and O–H groups in total. The minimum Gasteiger partial charge on any atom is -0.493 e. The van der Waals surface area contributed by atoms with Crippen LogP contribution >= 0.6 is 11.6 Å². The van der Waals surface area contributed by atoms with Crippen molar-refractivity contribution in [2.45, 2.75) is 12.8 Å². The average molecular weight is 227 g/mol. The van der Waals surface area contributed by atoms with Crippen LogP contribution in [0, 0.1) is 5.92 Å². The van der Waals surface area contributed by atoms with Crippen molar-refractivity contribution in [2.24, 2.45) is 5.92 Å². The SMILES string of the molecule is Clc1ccc(OCC2CC[NH2+]CC2)cc1. The first-order valence-electron chi connectivity index (χ1n) is 5.54. The van der Waals surface area contributed by atoms with Gasteiger partial charge in [0.25, 0.3) is 0 Å². The molecule has 0 radical (unpaired) electrons. The van der Waals surface area contributed by atoms with Crippen LogP contribution in [0.25, 0.3) is 0 Å². The van der Waals surface area contributed by atoms with Gasteiger partial charge in [-0.05, 0) is 24.3 Å². The van der Waals surface area contributed by atoms with E-state index in [1.807, 2.05) is 24.3 Å². The highest BCUT2D eigenvalue weighted by atomic mass is 35.5. The monoisotopic (exact) mass is 226 g/mol. The number of rotatable bonds is 3. The quantitative estimate of drug-likeness (QED) is 0.834. The Morgan fingerprint density at radius 2 is 1.87 bits per heavy atom. The molecule has 0 unspecified atom stereocenters. The summed E-state index contributed by atoms with van der Waals surface area (Å²) in [6, 6.07) is 7.59.